The molecule has 3 rings (SSSR count). The summed E-state index contributed by atoms with van der Waals surface area (Å²) >= 11 is 3.60. The number of halogens is 1. The van der Waals surface area contributed by atoms with Crippen molar-refractivity contribution in [1.29, 1.82) is 0 Å². The zero-order valence-electron chi connectivity index (χ0n) is 16.5. The summed E-state index contributed by atoms with van der Waals surface area (Å²) in [5, 5.41) is 0. The van der Waals surface area contributed by atoms with Crippen LogP contribution < -0.4 is 0 Å². The first-order valence-electron chi connectivity index (χ1n) is 9.26. The minimum Gasteiger partial charge on any atom is -0.468 e. The number of nitrogens with zero attached hydrogens (tertiary/aromatic N) is 1. The Morgan fingerprint density at radius 1 is 1.14 bits per heavy atom. The monoisotopic (exact) mass is 481 g/mol. The van der Waals surface area contributed by atoms with Crippen molar-refractivity contribution in [1.82, 2.24) is 4.31 Å². The van der Waals surface area contributed by atoms with Crippen LogP contribution in [0.3, 0.4) is 0 Å². The molecule has 0 saturated carbocycles. The van der Waals surface area contributed by atoms with Crippen LogP contribution in [0, 0.1) is 6.92 Å². The van der Waals surface area contributed by atoms with Crippen molar-refractivity contribution in [2.45, 2.75) is 41.8 Å². The maximum Gasteiger partial charge on any atom is 0.326 e. The van der Waals surface area contributed by atoms with Crippen LogP contribution in [0.2, 0.25) is 0 Å². The number of methoxy groups -OCH3 is 1. The third-order valence-corrected chi connectivity index (χ3v) is 7.63. The Morgan fingerprint density at radius 3 is 2.34 bits per heavy atom. The van der Waals surface area contributed by atoms with Crippen LogP contribution in [0.15, 0.2) is 59.5 Å². The molecule has 6 nitrogen and oxygen atoms in total. The van der Waals surface area contributed by atoms with Gasteiger partial charge in [0.15, 0.2) is 0 Å². The van der Waals surface area contributed by atoms with Crippen molar-refractivity contribution in [3.8, 4) is 0 Å². The lowest BCUT2D eigenvalue weighted by Gasteiger charge is -2.30. The van der Waals surface area contributed by atoms with Gasteiger partial charge in [0.25, 0.3) is 0 Å². The minimum atomic E-state index is -3.96. The van der Waals surface area contributed by atoms with Crippen LogP contribution in [-0.2, 0) is 24.3 Å². The van der Waals surface area contributed by atoms with E-state index in [1.807, 2.05) is 37.3 Å². The maximum absolute atomic E-state index is 13.5. The van der Waals surface area contributed by atoms with Gasteiger partial charge in [-0.1, -0.05) is 64.0 Å². The zero-order valence-corrected chi connectivity index (χ0v) is 18.9. The maximum atomic E-state index is 13.5. The molecule has 4 atom stereocenters. The molecule has 0 unspecified atom stereocenters. The number of carbonyl (C=O) groups is 1. The summed E-state index contributed by atoms with van der Waals surface area (Å²) < 4.78 is 39.2. The van der Waals surface area contributed by atoms with Gasteiger partial charge in [0, 0.05) is 6.54 Å². The fourth-order valence-electron chi connectivity index (χ4n) is 3.46. The Labute approximate surface area is 180 Å². The number of aryl methyl sites for hydroxylation is 1. The van der Waals surface area contributed by atoms with Crippen molar-refractivity contribution in [3.63, 3.8) is 0 Å². The summed E-state index contributed by atoms with van der Waals surface area (Å²) in [6.45, 7) is 3.63. The van der Waals surface area contributed by atoms with E-state index in [9.17, 15) is 13.2 Å². The molecule has 0 radical (unpaired) electrons. The predicted molar refractivity (Wildman–Crippen MR) is 113 cm³/mol. The Kier molecular flexibility index (Phi) is 6.78. The Hall–Kier alpha value is -1.74. The highest BCUT2D eigenvalue weighted by molar-refractivity contribution is 9.09. The van der Waals surface area contributed by atoms with E-state index in [-0.39, 0.29) is 16.3 Å². The highest BCUT2D eigenvalue weighted by Gasteiger charge is 2.46. The summed E-state index contributed by atoms with van der Waals surface area (Å²) in [5.74, 6) is -0.651. The average Bonchev–Trinajstić information content (AvgIpc) is 2.85. The van der Waals surface area contributed by atoms with Gasteiger partial charge in [-0.25, -0.2) is 8.42 Å². The smallest absolute Gasteiger partial charge is 0.326 e. The second-order valence-electron chi connectivity index (χ2n) is 7.04. The number of hydrogen-bond acceptors (Lipinski definition) is 5. The van der Waals surface area contributed by atoms with E-state index >= 15 is 0 Å². The molecule has 1 aliphatic heterocycles. The lowest BCUT2D eigenvalue weighted by Crippen LogP contribution is -2.51. The number of ether oxygens (including phenoxy) is 2. The van der Waals surface area contributed by atoms with Crippen LogP contribution in [0.5, 0.6) is 0 Å². The third kappa shape index (κ3) is 4.55. The van der Waals surface area contributed by atoms with E-state index in [1.54, 1.807) is 31.2 Å². The van der Waals surface area contributed by atoms with Gasteiger partial charge in [-0.2, -0.15) is 4.31 Å². The van der Waals surface area contributed by atoms with Crippen molar-refractivity contribution >= 4 is 31.9 Å². The van der Waals surface area contributed by atoms with Gasteiger partial charge in [-0.3, -0.25) is 4.79 Å². The van der Waals surface area contributed by atoms with E-state index in [0.717, 1.165) is 11.1 Å². The largest absolute Gasteiger partial charge is 0.468 e. The van der Waals surface area contributed by atoms with Crippen molar-refractivity contribution < 1.29 is 22.7 Å². The molecule has 0 bridgehead atoms. The van der Waals surface area contributed by atoms with E-state index in [1.165, 1.54) is 11.4 Å². The van der Waals surface area contributed by atoms with Crippen LogP contribution in [0.4, 0.5) is 0 Å². The molecule has 2 aromatic carbocycles. The lowest BCUT2D eigenvalue weighted by molar-refractivity contribution is -0.150. The second kappa shape index (κ2) is 8.95. The van der Waals surface area contributed by atoms with Gasteiger partial charge < -0.3 is 9.47 Å². The number of rotatable bonds is 4. The molecule has 0 aliphatic carbocycles. The molecule has 0 N–H and O–H groups in total. The molecule has 2 aromatic rings. The van der Waals surface area contributed by atoms with Crippen LogP contribution >= 0.6 is 15.9 Å². The first-order chi connectivity index (χ1) is 13.8. The number of sulfonamides is 1. The van der Waals surface area contributed by atoms with Gasteiger partial charge in [-0.15, -0.1) is 0 Å². The Balaban J connectivity index is 2.05. The molecule has 1 fully saturated rings. The van der Waals surface area contributed by atoms with Crippen molar-refractivity contribution in [3.05, 3.63) is 65.7 Å². The summed E-state index contributed by atoms with van der Waals surface area (Å²) in [5.41, 5.74) is 1.85. The van der Waals surface area contributed by atoms with E-state index in [2.05, 4.69) is 15.9 Å². The van der Waals surface area contributed by atoms with Gasteiger partial charge in [-0.05, 0) is 31.5 Å². The summed E-state index contributed by atoms with van der Waals surface area (Å²) in [4.78, 5) is 12.4. The van der Waals surface area contributed by atoms with E-state index < -0.39 is 34.2 Å². The molecule has 0 spiro atoms. The fraction of sp³-hybridized carbons (Fsp3) is 0.381. The average molecular weight is 482 g/mol. The zero-order chi connectivity index (χ0) is 21.2. The number of carbonyl (C=O) groups excluding carboxylic acids is 1. The molecular weight excluding hydrogens is 458 g/mol. The summed E-state index contributed by atoms with van der Waals surface area (Å²) in [6, 6.07) is 15.0. The molecule has 29 heavy (non-hydrogen) atoms. The van der Waals surface area contributed by atoms with Crippen LogP contribution in [-0.4, -0.2) is 49.3 Å². The predicted octanol–water partition coefficient (Wildman–Crippen LogP) is 3.45. The van der Waals surface area contributed by atoms with E-state index in [4.69, 9.17) is 9.47 Å². The SMILES string of the molecule is COC(=O)[C@@H]1[C@@H](C)O[C@@H](c2ccccc2)[C@H](Br)CN1S(=O)(=O)c1ccc(C)cc1. The molecule has 1 saturated heterocycles. The molecule has 0 amide bonds. The highest BCUT2D eigenvalue weighted by atomic mass is 79.9. The Bertz CT molecular complexity index is 949. The Morgan fingerprint density at radius 2 is 1.76 bits per heavy atom. The standard InChI is InChI=1S/C21H24BrNO5S/c1-14-9-11-17(12-10-14)29(25,26)23-13-18(22)20(16-7-5-4-6-8-16)28-15(2)19(23)21(24)27-3/h4-12,15,18-20H,13H2,1-3H3/t15-,18-,19+,20+/m1/s1. The quantitative estimate of drug-likeness (QED) is 0.493. The molecule has 1 aliphatic rings. The van der Waals surface area contributed by atoms with Crippen LogP contribution in [0.25, 0.3) is 0 Å². The second-order valence-corrected chi connectivity index (χ2v) is 10.1. The first kappa shape index (κ1) is 22.0. The van der Waals surface area contributed by atoms with Gasteiger partial charge in [0.2, 0.25) is 10.0 Å². The number of benzene rings is 2. The summed E-state index contributed by atoms with van der Waals surface area (Å²) in [7, 11) is -2.71. The normalized spacial score (nSPS) is 25.9. The van der Waals surface area contributed by atoms with Crippen molar-refractivity contribution in [2.24, 2.45) is 0 Å². The topological polar surface area (TPSA) is 72.9 Å². The molecular formula is C21H24BrNO5S. The first-order valence-corrected chi connectivity index (χ1v) is 11.6. The minimum absolute atomic E-state index is 0.0554. The fourth-order valence-corrected chi connectivity index (χ4v) is 6.06. The van der Waals surface area contributed by atoms with Gasteiger partial charge >= 0.3 is 5.97 Å². The van der Waals surface area contributed by atoms with Gasteiger partial charge in [0.1, 0.15) is 6.04 Å². The third-order valence-electron chi connectivity index (χ3n) is 5.00. The molecule has 8 heteroatoms. The summed E-state index contributed by atoms with van der Waals surface area (Å²) in [6.07, 6.45) is -1.13. The van der Waals surface area contributed by atoms with Crippen LogP contribution in [0.1, 0.15) is 24.2 Å². The lowest BCUT2D eigenvalue weighted by atomic mass is 10.1. The molecule has 156 valence electrons. The molecule has 0 aromatic heterocycles. The number of alkyl halides is 1. The highest BCUT2D eigenvalue weighted by Crippen LogP contribution is 2.36. The van der Waals surface area contributed by atoms with Gasteiger partial charge in [0.05, 0.1) is 29.0 Å². The van der Waals surface area contributed by atoms with E-state index in [0.29, 0.717) is 0 Å². The van der Waals surface area contributed by atoms with Crippen molar-refractivity contribution in [2.75, 3.05) is 13.7 Å². The number of esters is 1. The molecule has 1 heterocycles. The number of hydrogen-bond donors (Lipinski definition) is 0.